The number of rotatable bonds is 10. The van der Waals surface area contributed by atoms with Crippen LogP contribution in [0.4, 0.5) is 26.3 Å². The van der Waals surface area contributed by atoms with Gasteiger partial charge in [-0.2, -0.15) is 39.1 Å². The Morgan fingerprint density at radius 1 is 1.03 bits per heavy atom. The van der Waals surface area contributed by atoms with Crippen molar-refractivity contribution in [3.05, 3.63) is 0 Å². The molecule has 1 fully saturated rings. The first-order chi connectivity index (χ1) is 17.4. The number of alkyl halides is 6. The molecule has 0 bridgehead atoms. The van der Waals surface area contributed by atoms with Crippen LogP contribution in [0.1, 0.15) is 12.8 Å². The second-order valence-corrected chi connectivity index (χ2v) is 9.31. The molecule has 0 aromatic rings. The minimum atomic E-state index is -5.08. The Bertz CT molecular complexity index is 940. The number of guanidine groups is 1. The van der Waals surface area contributed by atoms with Crippen molar-refractivity contribution in [2.75, 3.05) is 26.2 Å². The topological polar surface area (TPSA) is 292 Å². The molecule has 0 radical (unpaired) electrons. The molecular formula is C15H27BF6N6O10S. The van der Waals surface area contributed by atoms with Gasteiger partial charge in [0.1, 0.15) is 5.54 Å². The van der Waals surface area contributed by atoms with E-state index in [1.165, 1.54) is 0 Å². The second-order valence-electron chi connectivity index (χ2n) is 7.56. The zero-order valence-electron chi connectivity index (χ0n) is 19.7. The maximum atomic E-state index is 12.3. The Hall–Kier alpha value is -2.93. The molecule has 1 saturated heterocycles. The average molecular weight is 608 g/mol. The number of carboxylic acids is 3. The molecule has 1 aliphatic heterocycles. The molecule has 0 aliphatic carbocycles. The predicted octanol–water partition coefficient (Wildman–Crippen LogP) is -2.67. The largest absolute Gasteiger partial charge is 0.490 e. The van der Waals surface area contributed by atoms with Gasteiger partial charge in [0.15, 0.2) is 5.96 Å². The second kappa shape index (κ2) is 15.6. The van der Waals surface area contributed by atoms with Crippen LogP contribution in [-0.4, -0.2) is 113 Å². The number of halogens is 6. The van der Waals surface area contributed by atoms with Gasteiger partial charge in [0.2, 0.25) is 0 Å². The lowest BCUT2D eigenvalue weighted by Crippen LogP contribution is -2.55. The highest BCUT2D eigenvalue weighted by molar-refractivity contribution is 7.87. The molecule has 0 spiro atoms. The maximum absolute atomic E-state index is 12.3. The summed E-state index contributed by atoms with van der Waals surface area (Å²) >= 11 is 0. The molecule has 1 heterocycles. The first-order valence-electron chi connectivity index (χ1n) is 10.2. The highest BCUT2D eigenvalue weighted by atomic mass is 32.2. The molecule has 12 N–H and O–H groups in total. The minimum absolute atomic E-state index is 0.0416. The van der Waals surface area contributed by atoms with Crippen LogP contribution in [0, 0.1) is 5.92 Å². The third-order valence-corrected chi connectivity index (χ3v) is 6.05. The van der Waals surface area contributed by atoms with Crippen LogP contribution >= 0.6 is 0 Å². The molecule has 0 saturated carbocycles. The Kier molecular flexibility index (Phi) is 15.3. The van der Waals surface area contributed by atoms with E-state index >= 15 is 0 Å². The molecule has 1 aliphatic rings. The molecule has 0 amide bonds. The van der Waals surface area contributed by atoms with Crippen molar-refractivity contribution < 1.29 is 74.5 Å². The number of nitrogens with two attached hydrogens (primary N) is 3. The van der Waals surface area contributed by atoms with E-state index in [9.17, 15) is 44.7 Å². The van der Waals surface area contributed by atoms with E-state index in [0.29, 0.717) is 6.42 Å². The number of nitrogens with zero attached hydrogens (tertiary/aromatic N) is 2. The SMILES string of the molecule is NC(N)=NCCNS(=O)(=O)N1C[C@H](CCCB(O)O)[C@](N)(C(=O)O)C1.O=C(O)C(F)(F)F.O=C(O)C(F)(F)F. The van der Waals surface area contributed by atoms with Crippen LogP contribution < -0.4 is 21.9 Å². The zero-order valence-corrected chi connectivity index (χ0v) is 20.5. The number of carboxylic acid groups (broad SMARTS) is 3. The number of hydrogen-bond acceptors (Lipinski definition) is 9. The molecule has 0 aromatic heterocycles. The van der Waals surface area contributed by atoms with E-state index in [-0.39, 0.29) is 44.9 Å². The van der Waals surface area contributed by atoms with Crippen LogP contribution in [0.3, 0.4) is 0 Å². The van der Waals surface area contributed by atoms with Gasteiger partial charge in [0.25, 0.3) is 10.2 Å². The molecule has 0 unspecified atom stereocenters. The molecule has 228 valence electrons. The van der Waals surface area contributed by atoms with Gasteiger partial charge < -0.3 is 42.6 Å². The summed E-state index contributed by atoms with van der Waals surface area (Å²) < 4.78 is 91.3. The maximum Gasteiger partial charge on any atom is 0.490 e. The van der Waals surface area contributed by atoms with Crippen LogP contribution in [0.2, 0.25) is 6.32 Å². The summed E-state index contributed by atoms with van der Waals surface area (Å²) in [6.07, 6.45) is -9.56. The van der Waals surface area contributed by atoms with E-state index in [1.807, 2.05) is 0 Å². The van der Waals surface area contributed by atoms with Crippen molar-refractivity contribution in [2.45, 2.75) is 37.1 Å². The molecule has 0 aromatic carbocycles. The van der Waals surface area contributed by atoms with Gasteiger partial charge in [0.05, 0.1) is 6.54 Å². The quantitative estimate of drug-likeness (QED) is 0.0402. The summed E-state index contributed by atoms with van der Waals surface area (Å²) in [5.74, 6) is -7.64. The van der Waals surface area contributed by atoms with Crippen LogP contribution in [0.5, 0.6) is 0 Å². The van der Waals surface area contributed by atoms with Crippen molar-refractivity contribution >= 4 is 41.2 Å². The summed E-state index contributed by atoms with van der Waals surface area (Å²) in [6.45, 7) is -0.475. The number of nitrogens with one attached hydrogen (secondary N) is 1. The molecule has 39 heavy (non-hydrogen) atoms. The monoisotopic (exact) mass is 608 g/mol. The van der Waals surface area contributed by atoms with Gasteiger partial charge in [-0.3, -0.25) is 9.79 Å². The number of aliphatic carboxylic acids is 3. The Labute approximate surface area is 216 Å². The van der Waals surface area contributed by atoms with E-state index in [0.717, 1.165) is 4.31 Å². The molecule has 24 heteroatoms. The fourth-order valence-electron chi connectivity index (χ4n) is 2.67. The number of aliphatic imine (C=N–C) groups is 1. The summed E-state index contributed by atoms with van der Waals surface area (Å²) in [5, 5.41) is 41.4. The summed E-state index contributed by atoms with van der Waals surface area (Å²) in [5.41, 5.74) is 14.5. The number of hydrogen-bond donors (Lipinski definition) is 9. The lowest BCUT2D eigenvalue weighted by atomic mass is 9.78. The van der Waals surface area contributed by atoms with Gasteiger partial charge in [0, 0.05) is 25.6 Å². The van der Waals surface area contributed by atoms with Gasteiger partial charge in [-0.1, -0.05) is 6.42 Å². The van der Waals surface area contributed by atoms with Crippen molar-refractivity contribution in [2.24, 2.45) is 28.1 Å². The van der Waals surface area contributed by atoms with Crippen LogP contribution in [0.15, 0.2) is 4.99 Å². The third kappa shape index (κ3) is 15.3. The van der Waals surface area contributed by atoms with Crippen LogP contribution in [-0.2, 0) is 24.6 Å². The minimum Gasteiger partial charge on any atom is -0.480 e. The van der Waals surface area contributed by atoms with E-state index in [1.54, 1.807) is 0 Å². The smallest absolute Gasteiger partial charge is 0.480 e. The Morgan fingerprint density at radius 2 is 1.46 bits per heavy atom. The lowest BCUT2D eigenvalue weighted by Gasteiger charge is -2.25. The first kappa shape index (κ1) is 38.2. The van der Waals surface area contributed by atoms with Crippen molar-refractivity contribution in [3.8, 4) is 0 Å². The number of carbonyl (C=O) groups is 3. The van der Waals surface area contributed by atoms with Crippen molar-refractivity contribution in [3.63, 3.8) is 0 Å². The summed E-state index contributed by atoms with van der Waals surface area (Å²) in [7, 11) is -5.45. The van der Waals surface area contributed by atoms with Gasteiger partial charge in [-0.05, 0) is 12.7 Å². The molecular weight excluding hydrogens is 581 g/mol. The Balaban J connectivity index is 0. The fraction of sp³-hybridized carbons (Fsp3) is 0.733. The van der Waals surface area contributed by atoms with E-state index in [4.69, 9.17) is 47.1 Å². The summed E-state index contributed by atoms with van der Waals surface area (Å²) in [6, 6.07) is 0. The normalized spacial score (nSPS) is 19.6. The standard InChI is InChI=1S/C11H25BN6O6S.2C2HF3O2/c13-10(14)16-4-5-17-25(23,24)18-6-8(2-1-3-12(21)22)11(15,7-18)9(19)20;2*3-2(4,5)1(6)7/h8,17,21-22H,1-7,15H2,(H,19,20)(H4,13,14,16);2*(H,6,7)/t8-,11-;;/m0../s1. The Morgan fingerprint density at radius 3 is 1.79 bits per heavy atom. The molecule has 16 nitrogen and oxygen atoms in total. The van der Waals surface area contributed by atoms with Crippen molar-refractivity contribution in [1.29, 1.82) is 0 Å². The average Bonchev–Trinajstić information content (AvgIpc) is 3.09. The highest BCUT2D eigenvalue weighted by Crippen LogP contribution is 2.31. The van der Waals surface area contributed by atoms with E-state index in [2.05, 4.69) is 9.71 Å². The van der Waals surface area contributed by atoms with E-state index < -0.39 is 59.0 Å². The summed E-state index contributed by atoms with van der Waals surface area (Å²) in [4.78, 5) is 33.0. The predicted molar refractivity (Wildman–Crippen MR) is 119 cm³/mol. The molecule has 1 rings (SSSR count). The van der Waals surface area contributed by atoms with Crippen molar-refractivity contribution in [1.82, 2.24) is 9.03 Å². The highest BCUT2D eigenvalue weighted by Gasteiger charge is 2.52. The van der Waals surface area contributed by atoms with Gasteiger partial charge >= 0.3 is 37.4 Å². The zero-order chi connectivity index (χ0) is 31.4. The third-order valence-electron chi connectivity index (χ3n) is 4.52. The fourth-order valence-corrected chi connectivity index (χ4v) is 3.96. The molecule has 2 atom stereocenters. The first-order valence-corrected chi connectivity index (χ1v) is 11.6. The van der Waals surface area contributed by atoms with Gasteiger partial charge in [-0.15, -0.1) is 0 Å². The van der Waals surface area contributed by atoms with Crippen LogP contribution in [0.25, 0.3) is 0 Å². The van der Waals surface area contributed by atoms with Gasteiger partial charge in [-0.25, -0.2) is 14.3 Å². The lowest BCUT2D eigenvalue weighted by molar-refractivity contribution is -0.193.